The molecule has 1 aliphatic rings. The standard InChI is InChI=1S/C15H18FNO4/c16-14-3-1-11(7-12(14)2-4-15(19)20)8-17-5-6-21-13(9-17)10-18/h1-4,7,13,18H,5-6,8-10H2,(H,19,20)/b4-2+. The summed E-state index contributed by atoms with van der Waals surface area (Å²) in [4.78, 5) is 12.6. The molecular formula is C15H18FNO4. The van der Waals surface area contributed by atoms with Gasteiger partial charge in [-0.15, -0.1) is 0 Å². The largest absolute Gasteiger partial charge is 0.478 e. The Labute approximate surface area is 122 Å². The Balaban J connectivity index is 2.06. The van der Waals surface area contributed by atoms with Crippen LogP contribution in [0.4, 0.5) is 4.39 Å². The third-order valence-corrected chi connectivity index (χ3v) is 3.30. The van der Waals surface area contributed by atoms with Crippen molar-refractivity contribution in [1.82, 2.24) is 4.90 Å². The van der Waals surface area contributed by atoms with Crippen molar-refractivity contribution >= 4 is 12.0 Å². The molecule has 0 bridgehead atoms. The SMILES string of the molecule is O=C(O)/C=C/c1cc(CN2CCOC(CO)C2)ccc1F. The van der Waals surface area contributed by atoms with Gasteiger partial charge in [0.1, 0.15) is 5.82 Å². The highest BCUT2D eigenvalue weighted by atomic mass is 19.1. The number of carbonyl (C=O) groups is 1. The quantitative estimate of drug-likeness (QED) is 0.797. The zero-order valence-corrected chi connectivity index (χ0v) is 11.5. The van der Waals surface area contributed by atoms with Crippen molar-refractivity contribution in [2.75, 3.05) is 26.3 Å². The van der Waals surface area contributed by atoms with E-state index in [1.807, 2.05) is 0 Å². The predicted octanol–water partition coefficient (Wildman–Crippen LogP) is 1.12. The van der Waals surface area contributed by atoms with Gasteiger partial charge in [0.25, 0.3) is 0 Å². The molecule has 0 aromatic heterocycles. The third kappa shape index (κ3) is 4.63. The first-order valence-corrected chi connectivity index (χ1v) is 6.72. The summed E-state index contributed by atoms with van der Waals surface area (Å²) < 4.78 is 19.0. The second kappa shape index (κ2) is 7.31. The Hall–Kier alpha value is -1.76. The van der Waals surface area contributed by atoms with Crippen molar-refractivity contribution in [3.8, 4) is 0 Å². The number of aliphatic hydroxyl groups is 1. The van der Waals surface area contributed by atoms with Gasteiger partial charge >= 0.3 is 5.97 Å². The van der Waals surface area contributed by atoms with Crippen LogP contribution in [0.5, 0.6) is 0 Å². The number of hydrogen-bond acceptors (Lipinski definition) is 4. The molecule has 1 fully saturated rings. The van der Waals surface area contributed by atoms with Crippen LogP contribution in [0.2, 0.25) is 0 Å². The maximum absolute atomic E-state index is 13.6. The van der Waals surface area contributed by atoms with E-state index in [4.69, 9.17) is 14.9 Å². The zero-order valence-electron chi connectivity index (χ0n) is 11.5. The van der Waals surface area contributed by atoms with Gasteiger partial charge in [-0.25, -0.2) is 9.18 Å². The molecule has 1 atom stereocenters. The summed E-state index contributed by atoms with van der Waals surface area (Å²) in [5.74, 6) is -1.56. The van der Waals surface area contributed by atoms with E-state index >= 15 is 0 Å². The molecule has 0 amide bonds. The van der Waals surface area contributed by atoms with E-state index in [0.29, 0.717) is 19.7 Å². The second-order valence-corrected chi connectivity index (χ2v) is 4.94. The number of carboxylic acid groups (broad SMARTS) is 1. The van der Waals surface area contributed by atoms with E-state index in [1.54, 1.807) is 12.1 Å². The molecule has 1 saturated heterocycles. The van der Waals surface area contributed by atoms with Gasteiger partial charge in [0.05, 0.1) is 19.3 Å². The lowest BCUT2D eigenvalue weighted by Gasteiger charge is -2.32. The summed E-state index contributed by atoms with van der Waals surface area (Å²) in [6.07, 6.45) is 1.97. The van der Waals surface area contributed by atoms with Crippen LogP contribution in [-0.2, 0) is 16.1 Å². The first kappa shape index (κ1) is 15.6. The van der Waals surface area contributed by atoms with Gasteiger partial charge in [0.2, 0.25) is 0 Å². The van der Waals surface area contributed by atoms with Gasteiger partial charge in [0, 0.05) is 31.3 Å². The number of aliphatic carboxylic acids is 1. The van der Waals surface area contributed by atoms with Crippen LogP contribution in [0.1, 0.15) is 11.1 Å². The normalized spacial score (nSPS) is 20.0. The van der Waals surface area contributed by atoms with Gasteiger partial charge in [0.15, 0.2) is 0 Å². The summed E-state index contributed by atoms with van der Waals surface area (Å²) in [7, 11) is 0. The first-order chi connectivity index (χ1) is 10.1. The average Bonchev–Trinajstić information content (AvgIpc) is 2.48. The van der Waals surface area contributed by atoms with Crippen LogP contribution in [0.25, 0.3) is 6.08 Å². The molecule has 1 aromatic rings. The number of halogens is 1. The minimum atomic E-state index is -1.11. The predicted molar refractivity (Wildman–Crippen MR) is 75.2 cm³/mol. The molecule has 0 spiro atoms. The Morgan fingerprint density at radius 2 is 2.33 bits per heavy atom. The van der Waals surface area contributed by atoms with Gasteiger partial charge in [-0.1, -0.05) is 6.07 Å². The molecule has 21 heavy (non-hydrogen) atoms. The highest BCUT2D eigenvalue weighted by Crippen LogP contribution is 2.16. The summed E-state index contributed by atoms with van der Waals surface area (Å²) in [5.41, 5.74) is 1.14. The lowest BCUT2D eigenvalue weighted by atomic mass is 10.1. The summed E-state index contributed by atoms with van der Waals surface area (Å²) in [6, 6.07) is 4.65. The smallest absolute Gasteiger partial charge is 0.328 e. The van der Waals surface area contributed by atoms with Crippen LogP contribution >= 0.6 is 0 Å². The van der Waals surface area contributed by atoms with Crippen LogP contribution in [0.3, 0.4) is 0 Å². The third-order valence-electron chi connectivity index (χ3n) is 3.30. The van der Waals surface area contributed by atoms with E-state index < -0.39 is 11.8 Å². The van der Waals surface area contributed by atoms with Gasteiger partial charge in [-0.05, 0) is 23.8 Å². The average molecular weight is 295 g/mol. The molecule has 1 aliphatic heterocycles. The maximum Gasteiger partial charge on any atom is 0.328 e. The molecule has 0 saturated carbocycles. The molecule has 1 heterocycles. The van der Waals surface area contributed by atoms with Crippen molar-refractivity contribution in [2.24, 2.45) is 0 Å². The molecular weight excluding hydrogens is 277 g/mol. The van der Waals surface area contributed by atoms with Crippen molar-refractivity contribution in [1.29, 1.82) is 0 Å². The van der Waals surface area contributed by atoms with E-state index in [0.717, 1.165) is 18.2 Å². The zero-order chi connectivity index (χ0) is 15.2. The Morgan fingerprint density at radius 3 is 3.05 bits per heavy atom. The van der Waals surface area contributed by atoms with Crippen molar-refractivity contribution in [3.05, 3.63) is 41.2 Å². The molecule has 5 nitrogen and oxygen atoms in total. The summed E-state index contributed by atoms with van der Waals surface area (Å²) in [5, 5.41) is 17.7. The second-order valence-electron chi connectivity index (χ2n) is 4.94. The van der Waals surface area contributed by atoms with Crippen LogP contribution in [-0.4, -0.2) is 53.5 Å². The van der Waals surface area contributed by atoms with Crippen molar-refractivity contribution in [2.45, 2.75) is 12.6 Å². The molecule has 1 unspecified atom stereocenters. The van der Waals surface area contributed by atoms with Crippen molar-refractivity contribution < 1.29 is 24.1 Å². The summed E-state index contributed by atoms with van der Waals surface area (Å²) in [6.45, 7) is 2.50. The monoisotopic (exact) mass is 295 g/mol. The number of aliphatic hydroxyl groups excluding tert-OH is 1. The van der Waals surface area contributed by atoms with E-state index in [-0.39, 0.29) is 18.3 Å². The highest BCUT2D eigenvalue weighted by molar-refractivity contribution is 5.85. The molecule has 114 valence electrons. The molecule has 2 N–H and O–H groups in total. The molecule has 2 rings (SSSR count). The summed E-state index contributed by atoms with van der Waals surface area (Å²) >= 11 is 0. The Kier molecular flexibility index (Phi) is 5.44. The lowest BCUT2D eigenvalue weighted by Crippen LogP contribution is -2.43. The maximum atomic E-state index is 13.6. The number of nitrogens with zero attached hydrogens (tertiary/aromatic N) is 1. The topological polar surface area (TPSA) is 70.0 Å². The molecule has 0 aliphatic carbocycles. The van der Waals surface area contributed by atoms with Gasteiger partial charge in [-0.2, -0.15) is 0 Å². The minimum Gasteiger partial charge on any atom is -0.478 e. The van der Waals surface area contributed by atoms with E-state index in [1.165, 1.54) is 12.1 Å². The number of benzene rings is 1. The fourth-order valence-corrected chi connectivity index (χ4v) is 2.27. The van der Waals surface area contributed by atoms with Crippen LogP contribution < -0.4 is 0 Å². The Bertz CT molecular complexity index is 532. The number of morpholine rings is 1. The molecule has 0 radical (unpaired) electrons. The van der Waals surface area contributed by atoms with Crippen LogP contribution in [0.15, 0.2) is 24.3 Å². The minimum absolute atomic E-state index is 0.0213. The van der Waals surface area contributed by atoms with Gasteiger partial charge in [-0.3, -0.25) is 4.90 Å². The Morgan fingerprint density at radius 1 is 1.52 bits per heavy atom. The fourth-order valence-electron chi connectivity index (χ4n) is 2.27. The number of ether oxygens (including phenoxy) is 1. The van der Waals surface area contributed by atoms with Gasteiger partial charge < -0.3 is 14.9 Å². The lowest BCUT2D eigenvalue weighted by molar-refractivity contribution is -0.131. The highest BCUT2D eigenvalue weighted by Gasteiger charge is 2.19. The number of rotatable bonds is 5. The van der Waals surface area contributed by atoms with E-state index in [9.17, 15) is 9.18 Å². The number of carboxylic acids is 1. The fraction of sp³-hybridized carbons (Fsp3) is 0.400. The van der Waals surface area contributed by atoms with Crippen LogP contribution in [0, 0.1) is 5.82 Å². The molecule has 1 aromatic carbocycles. The first-order valence-electron chi connectivity index (χ1n) is 6.72. The van der Waals surface area contributed by atoms with Crippen molar-refractivity contribution in [3.63, 3.8) is 0 Å². The van der Waals surface area contributed by atoms with E-state index in [2.05, 4.69) is 4.90 Å². The molecule has 6 heteroatoms. The number of hydrogen-bond donors (Lipinski definition) is 2.